The van der Waals surface area contributed by atoms with E-state index >= 15 is 0 Å². The first-order valence-electron chi connectivity index (χ1n) is 6.30. The van der Waals surface area contributed by atoms with Crippen molar-refractivity contribution >= 4 is 17.6 Å². The molecule has 0 amide bonds. The summed E-state index contributed by atoms with van der Waals surface area (Å²) in [6.45, 7) is 2.79. The van der Waals surface area contributed by atoms with E-state index in [-0.39, 0.29) is 10.6 Å². The Hall–Kier alpha value is -1.22. The lowest BCUT2D eigenvalue weighted by molar-refractivity contribution is 0.0696. The van der Waals surface area contributed by atoms with E-state index in [9.17, 15) is 4.79 Å². The van der Waals surface area contributed by atoms with Crippen molar-refractivity contribution in [2.24, 2.45) is 0 Å². The van der Waals surface area contributed by atoms with Gasteiger partial charge in [0.2, 0.25) is 0 Å². The smallest absolute Gasteiger partial charge is 0.337 e. The maximum absolute atomic E-state index is 10.9. The largest absolute Gasteiger partial charge is 0.494 e. The molecule has 0 heterocycles. The molecule has 1 aromatic carbocycles. The van der Waals surface area contributed by atoms with Crippen LogP contribution in [0, 0.1) is 0 Å². The molecular formula is C14H19ClO3. The molecule has 0 aromatic heterocycles. The topological polar surface area (TPSA) is 46.5 Å². The lowest BCUT2D eigenvalue weighted by Gasteiger charge is -2.07. The summed E-state index contributed by atoms with van der Waals surface area (Å²) in [5, 5.41) is 9.15. The van der Waals surface area contributed by atoms with Crippen LogP contribution in [0.4, 0.5) is 0 Å². The fraction of sp³-hybridized carbons (Fsp3) is 0.500. The number of unbranched alkanes of at least 4 members (excludes halogenated alkanes) is 4. The van der Waals surface area contributed by atoms with E-state index in [2.05, 4.69) is 6.92 Å². The minimum atomic E-state index is -1.03. The van der Waals surface area contributed by atoms with Gasteiger partial charge in [-0.05, 0) is 24.6 Å². The normalized spacial score (nSPS) is 10.3. The standard InChI is InChI=1S/C14H19ClO3/c1-2-3-4-5-6-9-18-11-7-8-13(15)12(10-11)14(16)17/h7-8,10H,2-6,9H2,1H3,(H,16,17). The highest BCUT2D eigenvalue weighted by molar-refractivity contribution is 6.33. The third-order valence-electron chi connectivity index (χ3n) is 2.68. The molecule has 1 rings (SSSR count). The lowest BCUT2D eigenvalue weighted by Crippen LogP contribution is -2.01. The van der Waals surface area contributed by atoms with Crippen LogP contribution in [0.2, 0.25) is 5.02 Å². The fourth-order valence-corrected chi connectivity index (χ4v) is 1.85. The van der Waals surface area contributed by atoms with Crippen molar-refractivity contribution in [3.05, 3.63) is 28.8 Å². The Labute approximate surface area is 113 Å². The molecule has 0 saturated heterocycles. The van der Waals surface area contributed by atoms with Crippen LogP contribution in [0.25, 0.3) is 0 Å². The molecule has 0 atom stereocenters. The van der Waals surface area contributed by atoms with Crippen molar-refractivity contribution in [2.75, 3.05) is 6.61 Å². The molecule has 0 aliphatic carbocycles. The third-order valence-corrected chi connectivity index (χ3v) is 3.01. The van der Waals surface area contributed by atoms with Crippen LogP contribution in [0.3, 0.4) is 0 Å². The zero-order chi connectivity index (χ0) is 13.4. The number of carboxylic acid groups (broad SMARTS) is 1. The number of ether oxygens (including phenoxy) is 1. The molecule has 0 saturated carbocycles. The summed E-state index contributed by atoms with van der Waals surface area (Å²) in [5.74, 6) is -0.472. The quantitative estimate of drug-likeness (QED) is 0.713. The van der Waals surface area contributed by atoms with Crippen LogP contribution in [0.5, 0.6) is 5.75 Å². The van der Waals surface area contributed by atoms with Crippen molar-refractivity contribution in [3.8, 4) is 5.75 Å². The molecule has 0 radical (unpaired) electrons. The Morgan fingerprint density at radius 3 is 2.67 bits per heavy atom. The molecule has 4 heteroatoms. The van der Waals surface area contributed by atoms with Crippen molar-refractivity contribution in [1.29, 1.82) is 0 Å². The van der Waals surface area contributed by atoms with Gasteiger partial charge in [-0.2, -0.15) is 0 Å². The van der Waals surface area contributed by atoms with Gasteiger partial charge in [-0.1, -0.05) is 44.2 Å². The van der Waals surface area contributed by atoms with Crippen molar-refractivity contribution in [2.45, 2.75) is 39.0 Å². The van der Waals surface area contributed by atoms with Crippen LogP contribution < -0.4 is 4.74 Å². The Bertz CT molecular complexity index is 391. The number of rotatable bonds is 8. The lowest BCUT2D eigenvalue weighted by atomic mass is 10.2. The summed E-state index contributed by atoms with van der Waals surface area (Å²) in [5.41, 5.74) is 0.0835. The van der Waals surface area contributed by atoms with Gasteiger partial charge in [0.25, 0.3) is 0 Å². The predicted octanol–water partition coefficient (Wildman–Crippen LogP) is 4.39. The molecule has 18 heavy (non-hydrogen) atoms. The molecule has 0 fully saturated rings. The molecular weight excluding hydrogens is 252 g/mol. The number of carbonyl (C=O) groups is 1. The fourth-order valence-electron chi connectivity index (χ4n) is 1.65. The van der Waals surface area contributed by atoms with Gasteiger partial charge in [0.15, 0.2) is 0 Å². The average Bonchev–Trinajstić information content (AvgIpc) is 2.35. The van der Waals surface area contributed by atoms with Crippen LogP contribution >= 0.6 is 11.6 Å². The second-order valence-corrected chi connectivity index (χ2v) is 4.62. The number of aromatic carboxylic acids is 1. The summed E-state index contributed by atoms with van der Waals surface area (Å²) in [4.78, 5) is 10.9. The molecule has 100 valence electrons. The number of halogens is 1. The summed E-state index contributed by atoms with van der Waals surface area (Å²) in [6, 6.07) is 4.72. The molecule has 0 aliphatic heterocycles. The first-order valence-corrected chi connectivity index (χ1v) is 6.68. The first kappa shape index (κ1) is 14.8. The predicted molar refractivity (Wildman–Crippen MR) is 72.7 cm³/mol. The van der Waals surface area contributed by atoms with Crippen molar-refractivity contribution in [1.82, 2.24) is 0 Å². The second kappa shape index (κ2) is 7.98. The van der Waals surface area contributed by atoms with Crippen LogP contribution in [0.1, 0.15) is 49.4 Å². The number of hydrogen-bond acceptors (Lipinski definition) is 2. The van der Waals surface area contributed by atoms with Gasteiger partial charge in [-0.15, -0.1) is 0 Å². The highest BCUT2D eigenvalue weighted by Gasteiger charge is 2.09. The number of carboxylic acids is 1. The molecule has 0 spiro atoms. The second-order valence-electron chi connectivity index (χ2n) is 4.21. The zero-order valence-corrected chi connectivity index (χ0v) is 11.4. The van der Waals surface area contributed by atoms with E-state index in [4.69, 9.17) is 21.4 Å². The average molecular weight is 271 g/mol. The summed E-state index contributed by atoms with van der Waals surface area (Å²) >= 11 is 5.77. The Morgan fingerprint density at radius 1 is 1.28 bits per heavy atom. The van der Waals surface area contributed by atoms with Crippen LogP contribution in [-0.4, -0.2) is 17.7 Å². The summed E-state index contributed by atoms with van der Waals surface area (Å²) < 4.78 is 5.51. The van der Waals surface area contributed by atoms with Gasteiger partial charge >= 0.3 is 5.97 Å². The van der Waals surface area contributed by atoms with E-state index < -0.39 is 5.97 Å². The zero-order valence-electron chi connectivity index (χ0n) is 10.6. The van der Waals surface area contributed by atoms with Gasteiger partial charge in [0, 0.05) is 0 Å². The van der Waals surface area contributed by atoms with E-state index in [1.54, 1.807) is 12.1 Å². The molecule has 0 aliphatic rings. The van der Waals surface area contributed by atoms with Gasteiger partial charge in [-0.25, -0.2) is 4.79 Å². The molecule has 0 bridgehead atoms. The van der Waals surface area contributed by atoms with Gasteiger partial charge in [0.1, 0.15) is 5.75 Å². The molecule has 3 nitrogen and oxygen atoms in total. The maximum atomic E-state index is 10.9. The SMILES string of the molecule is CCCCCCCOc1ccc(Cl)c(C(=O)O)c1. The minimum absolute atomic E-state index is 0.0835. The van der Waals surface area contributed by atoms with Gasteiger partial charge in [-0.3, -0.25) is 0 Å². The van der Waals surface area contributed by atoms with E-state index in [1.165, 1.54) is 25.3 Å². The maximum Gasteiger partial charge on any atom is 0.337 e. The van der Waals surface area contributed by atoms with Crippen LogP contribution in [-0.2, 0) is 0 Å². The Morgan fingerprint density at radius 2 is 2.00 bits per heavy atom. The minimum Gasteiger partial charge on any atom is -0.494 e. The molecule has 1 aromatic rings. The monoisotopic (exact) mass is 270 g/mol. The summed E-state index contributed by atoms with van der Waals surface area (Å²) in [7, 11) is 0. The van der Waals surface area contributed by atoms with Crippen molar-refractivity contribution < 1.29 is 14.6 Å². The number of benzene rings is 1. The summed E-state index contributed by atoms with van der Waals surface area (Å²) in [6.07, 6.45) is 5.84. The highest BCUT2D eigenvalue weighted by atomic mass is 35.5. The third kappa shape index (κ3) is 4.96. The molecule has 0 unspecified atom stereocenters. The number of hydrogen-bond donors (Lipinski definition) is 1. The van der Waals surface area contributed by atoms with E-state index in [0.717, 1.165) is 12.8 Å². The van der Waals surface area contributed by atoms with E-state index in [1.807, 2.05) is 0 Å². The van der Waals surface area contributed by atoms with E-state index in [0.29, 0.717) is 12.4 Å². The van der Waals surface area contributed by atoms with Gasteiger partial charge in [0.05, 0.1) is 17.2 Å². The Balaban J connectivity index is 2.38. The van der Waals surface area contributed by atoms with Crippen LogP contribution in [0.15, 0.2) is 18.2 Å². The first-order chi connectivity index (χ1) is 8.65. The van der Waals surface area contributed by atoms with Crippen molar-refractivity contribution in [3.63, 3.8) is 0 Å². The molecule has 1 N–H and O–H groups in total. The Kier molecular flexibility index (Phi) is 6.58. The highest BCUT2D eigenvalue weighted by Crippen LogP contribution is 2.22. The van der Waals surface area contributed by atoms with Gasteiger partial charge < -0.3 is 9.84 Å².